The van der Waals surface area contributed by atoms with Crippen LogP contribution in [0, 0.1) is 0 Å². The van der Waals surface area contributed by atoms with Crippen molar-refractivity contribution in [1.29, 1.82) is 0 Å². The molecular formula is H2O2S2W. The Morgan fingerprint density at radius 3 is 1.20 bits per heavy atom. The zero-order valence-electron chi connectivity index (χ0n) is 2.12. The summed E-state index contributed by atoms with van der Waals surface area (Å²) in [5, 5.41) is 12.0. The number of hydrogen-bond donors (Lipinski definition) is 2. The van der Waals surface area contributed by atoms with Crippen molar-refractivity contribution >= 4 is 19.6 Å². The van der Waals surface area contributed by atoms with Gasteiger partial charge in [-0.1, -0.05) is 0 Å². The van der Waals surface area contributed by atoms with E-state index in [9.17, 15) is 0 Å². The van der Waals surface area contributed by atoms with Gasteiger partial charge in [-0.2, -0.15) is 0 Å². The molecule has 2 N–H and O–H groups in total. The average molecular weight is 282 g/mol. The maximum absolute atomic E-state index is 6.00. The summed E-state index contributed by atoms with van der Waals surface area (Å²) in [4.78, 5) is 0. The second-order valence-electron chi connectivity index (χ2n) is 0.0680. The topological polar surface area (TPSA) is 40.5 Å². The molecule has 0 aromatic heterocycles. The van der Waals surface area contributed by atoms with Crippen molar-refractivity contribution in [3.05, 3.63) is 0 Å². The molecule has 0 aromatic rings. The molecule has 0 unspecified atom stereocenters. The van der Waals surface area contributed by atoms with Crippen molar-refractivity contribution in [3.63, 3.8) is 0 Å². The summed E-state index contributed by atoms with van der Waals surface area (Å²) in [5.41, 5.74) is 0. The Kier molecular flexibility index (Phi) is 37.1. The van der Waals surface area contributed by atoms with Crippen molar-refractivity contribution in [2.24, 2.45) is 0 Å². The summed E-state index contributed by atoms with van der Waals surface area (Å²) in [5.74, 6) is 0. The van der Waals surface area contributed by atoms with Gasteiger partial charge in [-0.05, 0) is 0 Å². The molecule has 0 rings (SSSR count). The van der Waals surface area contributed by atoms with Gasteiger partial charge in [-0.25, -0.2) is 0 Å². The van der Waals surface area contributed by atoms with Gasteiger partial charge in [0.25, 0.3) is 0 Å². The molecule has 5 heteroatoms. The van der Waals surface area contributed by atoms with Crippen molar-refractivity contribution in [3.8, 4) is 0 Å². The van der Waals surface area contributed by atoms with Crippen molar-refractivity contribution in [2.75, 3.05) is 0 Å². The van der Waals surface area contributed by atoms with E-state index in [4.69, 9.17) is 10.5 Å². The van der Waals surface area contributed by atoms with Crippen LogP contribution in [0.5, 0.6) is 0 Å². The Morgan fingerprint density at radius 1 is 1.20 bits per heavy atom. The zero-order chi connectivity index (χ0) is 4.71. The molecule has 0 fully saturated rings. The number of rotatable bonds is 0. The van der Waals surface area contributed by atoms with Gasteiger partial charge in [-0.3, -0.25) is 10.5 Å². The van der Waals surface area contributed by atoms with Crippen LogP contribution in [0.3, 0.4) is 0 Å². The van der Waals surface area contributed by atoms with Crippen LogP contribution in [0.4, 0.5) is 0 Å². The first-order valence-electron chi connectivity index (χ1n) is 0.533. The summed E-state index contributed by atoms with van der Waals surface area (Å²) in [6.45, 7) is 0. The molecule has 0 amide bonds. The molecule has 32 valence electrons. The third kappa shape index (κ3) is 42.7. The van der Waals surface area contributed by atoms with Crippen molar-refractivity contribution < 1.29 is 25.4 Å². The molecule has 0 atom stereocenters. The van der Waals surface area contributed by atoms with E-state index in [0.717, 1.165) is 0 Å². The normalized spacial score (nSPS) is 3.60. The molecule has 0 bridgehead atoms. The first-order valence-corrected chi connectivity index (χ1v) is 8.39. The van der Waals surface area contributed by atoms with Crippen LogP contribution in [0.1, 0.15) is 0 Å². The Hall–Kier alpha value is 1.05. The van der Waals surface area contributed by atoms with Gasteiger partial charge in [0.05, 0.1) is 0 Å². The fourth-order valence-corrected chi connectivity index (χ4v) is 0. The standard InChI is InChI=1S/H2O2.2S.W/c1-2;;;/h1-2H;;;. The molecule has 0 spiro atoms. The molecule has 5 heavy (non-hydrogen) atoms. The van der Waals surface area contributed by atoms with Gasteiger partial charge in [0.15, 0.2) is 0 Å². The van der Waals surface area contributed by atoms with Crippen LogP contribution in [0.25, 0.3) is 0 Å². The summed E-state index contributed by atoms with van der Waals surface area (Å²) in [6.07, 6.45) is 0. The van der Waals surface area contributed by atoms with Crippen LogP contribution in [-0.2, 0) is 14.9 Å². The quantitative estimate of drug-likeness (QED) is 0.519. The summed E-state index contributed by atoms with van der Waals surface area (Å²) >= 11 is -0.583. The molecule has 0 saturated heterocycles. The first kappa shape index (κ1) is 9.41. The van der Waals surface area contributed by atoms with Crippen LogP contribution < -0.4 is 0 Å². The summed E-state index contributed by atoms with van der Waals surface area (Å²) < 4.78 is 0. The fourth-order valence-electron chi connectivity index (χ4n) is 0. The van der Waals surface area contributed by atoms with Crippen LogP contribution >= 0.6 is 19.6 Å². The van der Waals surface area contributed by atoms with Gasteiger partial charge in [0, 0.05) is 0 Å². The third-order valence-electron chi connectivity index (χ3n) is 0. The van der Waals surface area contributed by atoms with Gasteiger partial charge in [0.1, 0.15) is 0 Å². The minimum atomic E-state index is -0.583. The maximum atomic E-state index is 6.00. The van der Waals surface area contributed by atoms with Gasteiger partial charge < -0.3 is 0 Å². The van der Waals surface area contributed by atoms with Crippen LogP contribution in [0.2, 0.25) is 0 Å². The monoisotopic (exact) mass is 282 g/mol. The zero-order valence-corrected chi connectivity index (χ0v) is 6.69. The van der Waals surface area contributed by atoms with E-state index in [-0.39, 0.29) is 0 Å². The average Bonchev–Trinajstić information content (AvgIpc) is 1.46. The van der Waals surface area contributed by atoms with E-state index in [2.05, 4.69) is 19.6 Å². The molecule has 2 nitrogen and oxygen atoms in total. The first-order chi connectivity index (χ1) is 2.41. The molecule has 0 saturated carbocycles. The minimum absolute atomic E-state index is 0.583. The second-order valence-corrected chi connectivity index (χ2v) is 5.01. The molecule has 0 aliphatic rings. The molecule has 0 heterocycles. The Bertz CT molecular complexity index is 28.6. The van der Waals surface area contributed by atoms with E-state index in [1.165, 1.54) is 0 Å². The van der Waals surface area contributed by atoms with Gasteiger partial charge >= 0.3 is 34.6 Å². The van der Waals surface area contributed by atoms with E-state index >= 15 is 0 Å². The fraction of sp³-hybridized carbons (Fsp3) is 0. The Labute approximate surface area is 45.2 Å². The number of hydrogen-bond acceptors (Lipinski definition) is 4. The van der Waals surface area contributed by atoms with Crippen molar-refractivity contribution in [1.82, 2.24) is 0 Å². The van der Waals surface area contributed by atoms with E-state index in [0.29, 0.717) is 0 Å². The molecular weight excluding hydrogens is 280 g/mol. The predicted molar refractivity (Wildman–Crippen MR) is 20.4 cm³/mol. The Balaban J connectivity index is 0. The third-order valence-corrected chi connectivity index (χ3v) is 0. The Morgan fingerprint density at radius 2 is 1.20 bits per heavy atom. The van der Waals surface area contributed by atoms with E-state index < -0.39 is 14.9 Å². The predicted octanol–water partition coefficient (Wildman–Crippen LogP) is 1.31. The van der Waals surface area contributed by atoms with E-state index in [1.807, 2.05) is 0 Å². The molecule has 0 aliphatic heterocycles. The summed E-state index contributed by atoms with van der Waals surface area (Å²) in [6, 6.07) is 0. The second kappa shape index (κ2) is 19.7. The van der Waals surface area contributed by atoms with Crippen LogP contribution in [-0.4, -0.2) is 10.5 Å². The van der Waals surface area contributed by atoms with Crippen LogP contribution in [0.15, 0.2) is 0 Å². The van der Waals surface area contributed by atoms with Crippen molar-refractivity contribution in [2.45, 2.75) is 0 Å². The molecule has 0 aliphatic carbocycles. The van der Waals surface area contributed by atoms with Gasteiger partial charge in [0.2, 0.25) is 0 Å². The van der Waals surface area contributed by atoms with E-state index in [1.54, 1.807) is 0 Å². The molecule has 0 radical (unpaired) electrons. The van der Waals surface area contributed by atoms with Gasteiger partial charge in [-0.15, -0.1) is 0 Å². The SMILES string of the molecule is OO.[S]=[W]=[S]. The summed E-state index contributed by atoms with van der Waals surface area (Å²) in [7, 11) is 8.75. The molecule has 0 aromatic carbocycles.